The van der Waals surface area contributed by atoms with Gasteiger partial charge >= 0.3 is 0 Å². The van der Waals surface area contributed by atoms with E-state index in [2.05, 4.69) is 9.97 Å². The third-order valence-electron chi connectivity index (χ3n) is 2.62. The van der Waals surface area contributed by atoms with Crippen LogP contribution in [0.4, 0.5) is 0 Å². The zero-order valence-electron chi connectivity index (χ0n) is 8.95. The Morgan fingerprint density at radius 2 is 2.00 bits per heavy atom. The molecule has 0 fully saturated rings. The smallest absolute Gasteiger partial charge is 0.170 e. The van der Waals surface area contributed by atoms with Crippen molar-refractivity contribution in [1.82, 2.24) is 14.4 Å². The van der Waals surface area contributed by atoms with Crippen molar-refractivity contribution in [3.8, 4) is 11.4 Å². The topological polar surface area (TPSA) is 47.3 Å². The number of benzene rings is 1. The van der Waals surface area contributed by atoms with Crippen LogP contribution >= 0.6 is 0 Å². The number of carbonyl (C=O) groups excluding carboxylic acids is 1. The molecule has 2 heterocycles. The molecule has 0 aliphatic heterocycles. The molecule has 3 aromatic rings. The van der Waals surface area contributed by atoms with Gasteiger partial charge in [0, 0.05) is 18.0 Å². The number of aldehydes is 1. The Balaban J connectivity index is 2.34. The molecule has 0 saturated heterocycles. The summed E-state index contributed by atoms with van der Waals surface area (Å²) < 4.78 is 1.87. The van der Waals surface area contributed by atoms with E-state index in [1.807, 2.05) is 34.7 Å². The lowest BCUT2D eigenvalue weighted by molar-refractivity contribution is 0.112. The van der Waals surface area contributed by atoms with E-state index >= 15 is 0 Å². The molecule has 0 amide bonds. The molecule has 1 aromatic carbocycles. The molecule has 0 spiro atoms. The number of fused-ring (bicyclic) bond motifs is 1. The first-order chi connectivity index (χ1) is 8.40. The first-order valence-corrected chi connectivity index (χ1v) is 5.23. The molecular weight excluding hydrogens is 214 g/mol. The minimum absolute atomic E-state index is 0.414. The monoisotopic (exact) mass is 223 g/mol. The molecular formula is C13H9N3O. The van der Waals surface area contributed by atoms with E-state index in [-0.39, 0.29) is 0 Å². The molecule has 4 heteroatoms. The molecule has 0 bridgehead atoms. The SMILES string of the molecule is O=Cc1nc(-c2ccccc2)n2ccncc12. The van der Waals surface area contributed by atoms with E-state index in [0.29, 0.717) is 5.69 Å². The minimum Gasteiger partial charge on any atom is -0.296 e. The van der Waals surface area contributed by atoms with Crippen LogP contribution in [0.25, 0.3) is 16.9 Å². The average Bonchev–Trinajstić information content (AvgIpc) is 2.78. The lowest BCUT2D eigenvalue weighted by Crippen LogP contribution is -1.88. The largest absolute Gasteiger partial charge is 0.296 e. The molecule has 0 radical (unpaired) electrons. The number of nitrogens with zero attached hydrogens (tertiary/aromatic N) is 3. The van der Waals surface area contributed by atoms with E-state index in [1.165, 1.54) is 0 Å². The Morgan fingerprint density at radius 1 is 1.18 bits per heavy atom. The van der Waals surface area contributed by atoms with Crippen LogP contribution in [0.1, 0.15) is 10.5 Å². The van der Waals surface area contributed by atoms with Gasteiger partial charge in [0.15, 0.2) is 6.29 Å². The number of aromatic nitrogens is 3. The van der Waals surface area contributed by atoms with Crippen LogP contribution in [0.3, 0.4) is 0 Å². The van der Waals surface area contributed by atoms with Crippen molar-refractivity contribution in [2.45, 2.75) is 0 Å². The quantitative estimate of drug-likeness (QED) is 0.626. The van der Waals surface area contributed by atoms with Crippen LogP contribution in [0.15, 0.2) is 48.9 Å². The van der Waals surface area contributed by atoms with Gasteiger partial charge in [-0.25, -0.2) is 4.98 Å². The molecule has 4 nitrogen and oxygen atoms in total. The summed E-state index contributed by atoms with van der Waals surface area (Å²) in [5.41, 5.74) is 2.11. The highest BCUT2D eigenvalue weighted by Gasteiger charge is 2.11. The fourth-order valence-corrected chi connectivity index (χ4v) is 1.84. The van der Waals surface area contributed by atoms with E-state index in [9.17, 15) is 4.79 Å². The predicted molar refractivity (Wildman–Crippen MR) is 63.8 cm³/mol. The fourth-order valence-electron chi connectivity index (χ4n) is 1.84. The Hall–Kier alpha value is -2.49. The van der Waals surface area contributed by atoms with Crippen LogP contribution in [-0.4, -0.2) is 20.7 Å². The standard InChI is InChI=1S/C13H9N3O/c17-9-11-12-8-14-6-7-16(12)13(15-11)10-4-2-1-3-5-10/h1-9H. The van der Waals surface area contributed by atoms with Crippen LogP contribution < -0.4 is 0 Å². The molecule has 0 unspecified atom stereocenters. The molecule has 17 heavy (non-hydrogen) atoms. The van der Waals surface area contributed by atoms with Crippen molar-refractivity contribution in [3.05, 3.63) is 54.6 Å². The lowest BCUT2D eigenvalue weighted by Gasteiger charge is -1.99. The Labute approximate surface area is 97.6 Å². The van der Waals surface area contributed by atoms with Crippen LogP contribution in [0.2, 0.25) is 0 Å². The summed E-state index contributed by atoms with van der Waals surface area (Å²) in [6.07, 6.45) is 5.87. The van der Waals surface area contributed by atoms with E-state index in [0.717, 1.165) is 23.2 Å². The maximum Gasteiger partial charge on any atom is 0.170 e. The predicted octanol–water partition coefficient (Wildman–Crippen LogP) is 2.21. The summed E-state index contributed by atoms with van der Waals surface area (Å²) in [5.74, 6) is 0.755. The van der Waals surface area contributed by atoms with Crippen molar-refractivity contribution in [1.29, 1.82) is 0 Å². The van der Waals surface area contributed by atoms with Gasteiger partial charge in [-0.2, -0.15) is 0 Å². The summed E-state index contributed by atoms with van der Waals surface area (Å²) in [5, 5.41) is 0. The molecule has 3 rings (SSSR count). The number of rotatable bonds is 2. The summed E-state index contributed by atoms with van der Waals surface area (Å²) in [6.45, 7) is 0. The second-order valence-corrected chi connectivity index (χ2v) is 3.64. The zero-order chi connectivity index (χ0) is 11.7. The summed E-state index contributed by atoms with van der Waals surface area (Å²) in [4.78, 5) is 19.3. The molecule has 82 valence electrons. The van der Waals surface area contributed by atoms with Crippen molar-refractivity contribution >= 4 is 11.8 Å². The van der Waals surface area contributed by atoms with Gasteiger partial charge in [0.25, 0.3) is 0 Å². The number of hydrogen-bond acceptors (Lipinski definition) is 3. The minimum atomic E-state index is 0.414. The van der Waals surface area contributed by atoms with Gasteiger partial charge in [0.05, 0.1) is 11.7 Å². The summed E-state index contributed by atoms with van der Waals surface area (Å²) >= 11 is 0. The van der Waals surface area contributed by atoms with Crippen molar-refractivity contribution < 1.29 is 4.79 Å². The van der Waals surface area contributed by atoms with Crippen LogP contribution in [0, 0.1) is 0 Å². The number of imidazole rings is 1. The van der Waals surface area contributed by atoms with Gasteiger partial charge in [0.2, 0.25) is 0 Å². The molecule has 0 aliphatic rings. The normalized spacial score (nSPS) is 10.6. The maximum atomic E-state index is 11.0. The molecule has 0 atom stereocenters. The Morgan fingerprint density at radius 3 is 2.76 bits per heavy atom. The van der Waals surface area contributed by atoms with Gasteiger partial charge in [-0.05, 0) is 0 Å². The third kappa shape index (κ3) is 1.50. The third-order valence-corrected chi connectivity index (χ3v) is 2.62. The highest BCUT2D eigenvalue weighted by atomic mass is 16.1. The first kappa shape index (κ1) is 9.72. The zero-order valence-corrected chi connectivity index (χ0v) is 8.95. The summed E-state index contributed by atoms with van der Waals surface area (Å²) in [6, 6.07) is 9.76. The van der Waals surface area contributed by atoms with Gasteiger partial charge in [-0.3, -0.25) is 14.2 Å². The molecule has 0 saturated carbocycles. The van der Waals surface area contributed by atoms with E-state index in [4.69, 9.17) is 0 Å². The van der Waals surface area contributed by atoms with Crippen molar-refractivity contribution in [3.63, 3.8) is 0 Å². The summed E-state index contributed by atoms with van der Waals surface area (Å²) in [7, 11) is 0. The average molecular weight is 223 g/mol. The Kier molecular flexibility index (Phi) is 2.19. The maximum absolute atomic E-state index is 11.0. The first-order valence-electron chi connectivity index (χ1n) is 5.23. The highest BCUT2D eigenvalue weighted by molar-refractivity contribution is 5.85. The molecule has 0 N–H and O–H groups in total. The Bertz CT molecular complexity index is 673. The second kappa shape index (κ2) is 3.83. The lowest BCUT2D eigenvalue weighted by atomic mass is 10.2. The van der Waals surface area contributed by atoms with Gasteiger partial charge < -0.3 is 0 Å². The van der Waals surface area contributed by atoms with Gasteiger partial charge in [-0.1, -0.05) is 30.3 Å². The second-order valence-electron chi connectivity index (χ2n) is 3.64. The fraction of sp³-hybridized carbons (Fsp3) is 0. The van der Waals surface area contributed by atoms with E-state index < -0.39 is 0 Å². The van der Waals surface area contributed by atoms with Gasteiger partial charge in [-0.15, -0.1) is 0 Å². The molecule has 0 aliphatic carbocycles. The van der Waals surface area contributed by atoms with Crippen molar-refractivity contribution in [2.24, 2.45) is 0 Å². The van der Waals surface area contributed by atoms with Crippen LogP contribution in [-0.2, 0) is 0 Å². The number of hydrogen-bond donors (Lipinski definition) is 0. The van der Waals surface area contributed by atoms with Crippen LogP contribution in [0.5, 0.6) is 0 Å². The number of carbonyl (C=O) groups is 1. The van der Waals surface area contributed by atoms with Gasteiger partial charge in [0.1, 0.15) is 11.5 Å². The molecule has 2 aromatic heterocycles. The highest BCUT2D eigenvalue weighted by Crippen LogP contribution is 2.20. The van der Waals surface area contributed by atoms with E-state index in [1.54, 1.807) is 18.6 Å². The van der Waals surface area contributed by atoms with Crippen molar-refractivity contribution in [2.75, 3.05) is 0 Å².